The van der Waals surface area contributed by atoms with Gasteiger partial charge in [0.05, 0.1) is 17.1 Å². The number of aromatic carboxylic acids is 1. The molecule has 0 fully saturated rings. The first-order valence-electron chi connectivity index (χ1n) is 8.44. The topological polar surface area (TPSA) is 62.5 Å². The van der Waals surface area contributed by atoms with Crippen molar-refractivity contribution in [1.82, 2.24) is 5.32 Å². The molecule has 1 aromatic heterocycles. The molecule has 0 aliphatic carbocycles. The molecule has 5 heteroatoms. The summed E-state index contributed by atoms with van der Waals surface area (Å²) in [7, 11) is 0. The zero-order valence-corrected chi connectivity index (χ0v) is 14.7. The second-order valence-electron chi connectivity index (χ2n) is 5.86. The summed E-state index contributed by atoms with van der Waals surface area (Å²) >= 11 is 6.16. The zero-order valence-electron chi connectivity index (χ0n) is 14.0. The predicted octanol–water partition coefficient (Wildman–Crippen LogP) is 5.36. The number of hydrogen-bond acceptors (Lipinski definition) is 3. The van der Waals surface area contributed by atoms with Crippen LogP contribution >= 0.6 is 11.6 Å². The maximum atomic E-state index is 11.1. The molecule has 2 rings (SSSR count). The van der Waals surface area contributed by atoms with Gasteiger partial charge < -0.3 is 14.8 Å². The van der Waals surface area contributed by atoms with Gasteiger partial charge >= 0.3 is 5.97 Å². The summed E-state index contributed by atoms with van der Waals surface area (Å²) in [6.45, 7) is 3.84. The molecule has 4 nitrogen and oxygen atoms in total. The molecule has 0 aliphatic rings. The minimum Gasteiger partial charge on any atom is -0.478 e. The Morgan fingerprint density at radius 1 is 1.17 bits per heavy atom. The van der Waals surface area contributed by atoms with Gasteiger partial charge in [0.2, 0.25) is 0 Å². The molecule has 0 amide bonds. The van der Waals surface area contributed by atoms with E-state index in [4.69, 9.17) is 21.1 Å². The third kappa shape index (κ3) is 5.39. The molecule has 2 aromatic rings. The van der Waals surface area contributed by atoms with Gasteiger partial charge in [0.15, 0.2) is 0 Å². The fourth-order valence-corrected chi connectivity index (χ4v) is 2.74. The van der Waals surface area contributed by atoms with Crippen LogP contribution in [0.15, 0.2) is 34.7 Å². The Kier molecular flexibility index (Phi) is 7.35. The van der Waals surface area contributed by atoms with Crippen LogP contribution in [0.4, 0.5) is 0 Å². The van der Waals surface area contributed by atoms with Crippen molar-refractivity contribution >= 4 is 17.6 Å². The van der Waals surface area contributed by atoms with Crippen molar-refractivity contribution in [3.63, 3.8) is 0 Å². The first-order valence-corrected chi connectivity index (χ1v) is 8.82. The largest absolute Gasteiger partial charge is 0.478 e. The monoisotopic (exact) mass is 349 g/mol. The molecular weight excluding hydrogens is 326 g/mol. The van der Waals surface area contributed by atoms with Crippen molar-refractivity contribution in [3.8, 4) is 11.3 Å². The highest BCUT2D eigenvalue weighted by Gasteiger charge is 2.12. The average Bonchev–Trinajstić information content (AvgIpc) is 3.03. The summed E-state index contributed by atoms with van der Waals surface area (Å²) in [5, 5.41) is 12.9. The van der Waals surface area contributed by atoms with E-state index in [0.717, 1.165) is 12.3 Å². The molecule has 0 saturated carbocycles. The van der Waals surface area contributed by atoms with Crippen LogP contribution in [0, 0.1) is 0 Å². The van der Waals surface area contributed by atoms with Crippen molar-refractivity contribution in [2.45, 2.75) is 45.6 Å². The summed E-state index contributed by atoms with van der Waals surface area (Å²) in [4.78, 5) is 11.1. The van der Waals surface area contributed by atoms with Crippen LogP contribution in [0.3, 0.4) is 0 Å². The Morgan fingerprint density at radius 2 is 1.96 bits per heavy atom. The number of unbranched alkanes of at least 4 members (excludes halogenated alkanes) is 4. The Balaban J connectivity index is 1.89. The van der Waals surface area contributed by atoms with Crippen molar-refractivity contribution in [3.05, 3.63) is 46.7 Å². The van der Waals surface area contributed by atoms with Gasteiger partial charge in [-0.1, -0.05) is 44.2 Å². The lowest BCUT2D eigenvalue weighted by Gasteiger charge is -2.04. The molecule has 24 heavy (non-hydrogen) atoms. The molecule has 1 aromatic carbocycles. The lowest BCUT2D eigenvalue weighted by atomic mass is 10.1. The SMILES string of the molecule is CCCCCCCNCc1ccc(-c2cc(C(=O)O)ccc2Cl)o1. The number of carboxylic acids is 1. The van der Waals surface area contributed by atoms with Gasteiger partial charge in [-0.2, -0.15) is 0 Å². The Morgan fingerprint density at radius 3 is 2.71 bits per heavy atom. The molecule has 0 spiro atoms. The van der Waals surface area contributed by atoms with Gasteiger partial charge in [-0.25, -0.2) is 4.79 Å². The van der Waals surface area contributed by atoms with E-state index in [-0.39, 0.29) is 5.56 Å². The second-order valence-corrected chi connectivity index (χ2v) is 6.26. The highest BCUT2D eigenvalue weighted by atomic mass is 35.5. The van der Waals surface area contributed by atoms with E-state index in [0.29, 0.717) is 22.9 Å². The summed E-state index contributed by atoms with van der Waals surface area (Å²) in [5.74, 6) is 0.419. The van der Waals surface area contributed by atoms with Crippen LogP contribution in [-0.2, 0) is 6.54 Å². The zero-order chi connectivity index (χ0) is 17.4. The van der Waals surface area contributed by atoms with Crippen LogP contribution in [0.2, 0.25) is 5.02 Å². The van der Waals surface area contributed by atoms with Gasteiger partial charge in [0, 0.05) is 5.56 Å². The average molecular weight is 350 g/mol. The number of rotatable bonds is 10. The first kappa shape index (κ1) is 18.6. The smallest absolute Gasteiger partial charge is 0.335 e. The van der Waals surface area contributed by atoms with Gasteiger partial charge in [-0.15, -0.1) is 0 Å². The van der Waals surface area contributed by atoms with Crippen molar-refractivity contribution in [2.75, 3.05) is 6.54 Å². The fourth-order valence-electron chi connectivity index (χ4n) is 2.53. The Bertz CT molecular complexity index is 666. The standard InChI is InChI=1S/C19H24ClNO3/c1-2-3-4-5-6-11-21-13-15-8-10-18(24-15)16-12-14(19(22)23)7-9-17(16)20/h7-10,12,21H,2-6,11,13H2,1H3,(H,22,23). The van der Waals surface area contributed by atoms with E-state index < -0.39 is 5.97 Å². The minimum atomic E-state index is -0.982. The maximum absolute atomic E-state index is 11.1. The van der Waals surface area contributed by atoms with Crippen molar-refractivity contribution < 1.29 is 14.3 Å². The molecule has 0 bridgehead atoms. The van der Waals surface area contributed by atoms with E-state index in [1.54, 1.807) is 6.07 Å². The normalized spacial score (nSPS) is 10.9. The second kappa shape index (κ2) is 9.50. The van der Waals surface area contributed by atoms with Gasteiger partial charge in [-0.3, -0.25) is 0 Å². The molecular formula is C19H24ClNO3. The lowest BCUT2D eigenvalue weighted by molar-refractivity contribution is 0.0697. The number of carboxylic acid groups (broad SMARTS) is 1. The number of halogens is 1. The maximum Gasteiger partial charge on any atom is 0.335 e. The molecule has 0 radical (unpaired) electrons. The lowest BCUT2D eigenvalue weighted by Crippen LogP contribution is -2.14. The predicted molar refractivity (Wildman–Crippen MR) is 96.6 cm³/mol. The molecule has 0 aliphatic heterocycles. The summed E-state index contributed by atoms with van der Waals surface area (Å²) < 4.78 is 5.79. The third-order valence-electron chi connectivity index (χ3n) is 3.90. The van der Waals surface area contributed by atoms with Crippen LogP contribution in [-0.4, -0.2) is 17.6 Å². The molecule has 130 valence electrons. The van der Waals surface area contributed by atoms with Gasteiger partial charge in [-0.05, 0) is 43.3 Å². The Labute approximate surface area is 147 Å². The van der Waals surface area contributed by atoms with Crippen LogP contribution in [0.25, 0.3) is 11.3 Å². The number of benzene rings is 1. The molecule has 2 N–H and O–H groups in total. The van der Waals surface area contributed by atoms with Crippen LogP contribution in [0.1, 0.15) is 55.1 Å². The Hall–Kier alpha value is -1.78. The molecule has 0 atom stereocenters. The number of furan rings is 1. The van der Waals surface area contributed by atoms with Gasteiger partial charge in [0.1, 0.15) is 11.5 Å². The number of hydrogen-bond donors (Lipinski definition) is 2. The molecule has 0 unspecified atom stereocenters. The quantitative estimate of drug-likeness (QED) is 0.567. The molecule has 1 heterocycles. The highest BCUT2D eigenvalue weighted by Crippen LogP contribution is 2.30. The summed E-state index contributed by atoms with van der Waals surface area (Å²) in [6.07, 6.45) is 6.27. The fraction of sp³-hybridized carbons (Fsp3) is 0.421. The number of carbonyl (C=O) groups is 1. The summed E-state index contributed by atoms with van der Waals surface area (Å²) in [5.41, 5.74) is 0.792. The number of nitrogens with one attached hydrogen (secondary N) is 1. The van der Waals surface area contributed by atoms with Crippen molar-refractivity contribution in [2.24, 2.45) is 0 Å². The van der Waals surface area contributed by atoms with Crippen molar-refractivity contribution in [1.29, 1.82) is 0 Å². The van der Waals surface area contributed by atoms with Gasteiger partial charge in [0.25, 0.3) is 0 Å². The van der Waals surface area contributed by atoms with E-state index >= 15 is 0 Å². The van der Waals surface area contributed by atoms with E-state index in [1.807, 2.05) is 12.1 Å². The third-order valence-corrected chi connectivity index (χ3v) is 4.23. The van der Waals surface area contributed by atoms with Crippen LogP contribution in [0.5, 0.6) is 0 Å². The van der Waals surface area contributed by atoms with E-state index in [9.17, 15) is 4.79 Å². The first-order chi connectivity index (χ1) is 11.6. The highest BCUT2D eigenvalue weighted by molar-refractivity contribution is 6.33. The minimum absolute atomic E-state index is 0.192. The van der Waals surface area contributed by atoms with E-state index in [1.165, 1.54) is 44.2 Å². The van der Waals surface area contributed by atoms with Crippen LogP contribution < -0.4 is 5.32 Å². The molecule has 0 saturated heterocycles. The van der Waals surface area contributed by atoms with E-state index in [2.05, 4.69) is 12.2 Å². The summed E-state index contributed by atoms with van der Waals surface area (Å²) in [6, 6.07) is 8.32.